The molecule has 110 valence electrons. The fourth-order valence-electron chi connectivity index (χ4n) is 2.15. The van der Waals surface area contributed by atoms with E-state index < -0.39 is 0 Å². The van der Waals surface area contributed by atoms with Gasteiger partial charge in [0.25, 0.3) is 5.91 Å². The molecule has 0 atom stereocenters. The highest BCUT2D eigenvalue weighted by molar-refractivity contribution is 6.30. The van der Waals surface area contributed by atoms with Gasteiger partial charge in [0.1, 0.15) is 17.3 Å². The number of carbonyl (C=O) groups excluding carboxylic acids is 1. The van der Waals surface area contributed by atoms with Gasteiger partial charge in [-0.15, -0.1) is 0 Å². The molecule has 2 aromatic carbocycles. The largest absolute Gasteiger partial charge is 0.308 e. The van der Waals surface area contributed by atoms with Crippen LogP contribution in [0.25, 0.3) is 6.08 Å². The second-order valence-electron chi connectivity index (χ2n) is 4.90. The Balaban J connectivity index is 1.80. The second-order valence-corrected chi connectivity index (χ2v) is 5.34. The summed E-state index contributed by atoms with van der Waals surface area (Å²) in [5, 5.41) is 3.38. The Hall–Kier alpha value is -2.46. The van der Waals surface area contributed by atoms with E-state index in [1.807, 2.05) is 12.1 Å². The van der Waals surface area contributed by atoms with Crippen LogP contribution in [-0.4, -0.2) is 11.7 Å². The molecule has 0 saturated carbocycles. The highest BCUT2D eigenvalue weighted by Gasteiger charge is 2.19. The zero-order valence-electron chi connectivity index (χ0n) is 11.5. The molecule has 1 N–H and O–H groups in total. The van der Waals surface area contributed by atoms with Crippen LogP contribution in [0.4, 0.5) is 4.39 Å². The molecule has 2 aromatic rings. The summed E-state index contributed by atoms with van der Waals surface area (Å²) in [6, 6.07) is 13.4. The summed E-state index contributed by atoms with van der Waals surface area (Å²) in [5.74, 6) is -0.0682. The van der Waals surface area contributed by atoms with Crippen LogP contribution < -0.4 is 5.32 Å². The highest BCUT2D eigenvalue weighted by atomic mass is 35.5. The number of hydrogen-bond donors (Lipinski definition) is 1. The predicted octanol–water partition coefficient (Wildman–Crippen LogP) is 3.59. The number of amidine groups is 1. The van der Waals surface area contributed by atoms with Crippen molar-refractivity contribution in [2.45, 2.75) is 6.42 Å². The fourth-order valence-corrected chi connectivity index (χ4v) is 2.28. The smallest absolute Gasteiger partial charge is 0.275 e. The number of amides is 1. The van der Waals surface area contributed by atoms with Crippen LogP contribution in [-0.2, 0) is 11.2 Å². The van der Waals surface area contributed by atoms with E-state index in [1.165, 1.54) is 12.1 Å². The summed E-state index contributed by atoms with van der Waals surface area (Å²) >= 11 is 5.84. The number of rotatable bonds is 3. The average molecular weight is 315 g/mol. The van der Waals surface area contributed by atoms with Gasteiger partial charge in [0.2, 0.25) is 0 Å². The van der Waals surface area contributed by atoms with Crippen LogP contribution in [0.2, 0.25) is 5.02 Å². The van der Waals surface area contributed by atoms with Gasteiger partial charge in [-0.05, 0) is 41.5 Å². The van der Waals surface area contributed by atoms with Crippen molar-refractivity contribution in [3.05, 3.63) is 76.2 Å². The van der Waals surface area contributed by atoms with Crippen molar-refractivity contribution in [2.75, 3.05) is 0 Å². The summed E-state index contributed by atoms with van der Waals surface area (Å²) in [4.78, 5) is 16.2. The summed E-state index contributed by atoms with van der Waals surface area (Å²) in [6.07, 6.45) is 2.07. The lowest BCUT2D eigenvalue weighted by Crippen LogP contribution is -2.25. The molecular formula is C17H12ClFN2O. The minimum atomic E-state index is -0.349. The molecule has 3 nitrogen and oxygen atoms in total. The van der Waals surface area contributed by atoms with E-state index in [-0.39, 0.29) is 17.4 Å². The van der Waals surface area contributed by atoms with Crippen molar-refractivity contribution in [1.29, 1.82) is 0 Å². The van der Waals surface area contributed by atoms with Crippen LogP contribution >= 0.6 is 11.6 Å². The van der Waals surface area contributed by atoms with Gasteiger partial charge >= 0.3 is 0 Å². The van der Waals surface area contributed by atoms with E-state index >= 15 is 0 Å². The van der Waals surface area contributed by atoms with E-state index in [4.69, 9.17) is 11.6 Å². The third-order valence-corrected chi connectivity index (χ3v) is 3.43. The monoisotopic (exact) mass is 314 g/mol. The Labute approximate surface area is 132 Å². The first-order valence-corrected chi connectivity index (χ1v) is 7.08. The van der Waals surface area contributed by atoms with Crippen LogP contribution in [0.5, 0.6) is 0 Å². The van der Waals surface area contributed by atoms with Crippen molar-refractivity contribution in [3.63, 3.8) is 0 Å². The first-order chi connectivity index (χ1) is 10.6. The number of hydrogen-bond acceptors (Lipinski definition) is 2. The SMILES string of the molecule is O=C1NC(Cc2ccc(Cl)cc2)=N/C1=C/c1cccc(F)c1. The Bertz CT molecular complexity index is 782. The molecule has 0 unspecified atom stereocenters. The first kappa shape index (κ1) is 14.5. The third-order valence-electron chi connectivity index (χ3n) is 3.18. The van der Waals surface area contributed by atoms with E-state index in [2.05, 4.69) is 10.3 Å². The van der Waals surface area contributed by atoms with Gasteiger partial charge in [-0.1, -0.05) is 35.9 Å². The van der Waals surface area contributed by atoms with Gasteiger partial charge in [0.15, 0.2) is 0 Å². The topological polar surface area (TPSA) is 41.5 Å². The lowest BCUT2D eigenvalue weighted by Gasteiger charge is -2.00. The quantitative estimate of drug-likeness (QED) is 0.864. The number of carbonyl (C=O) groups is 1. The molecule has 0 fully saturated rings. The molecule has 3 rings (SSSR count). The summed E-state index contributed by atoms with van der Waals surface area (Å²) < 4.78 is 13.2. The number of nitrogens with zero attached hydrogens (tertiary/aromatic N) is 1. The minimum Gasteiger partial charge on any atom is -0.308 e. The second kappa shape index (κ2) is 6.12. The number of benzene rings is 2. The molecule has 5 heteroatoms. The summed E-state index contributed by atoms with van der Waals surface area (Å²) in [6.45, 7) is 0. The Morgan fingerprint density at radius 1 is 1.18 bits per heavy atom. The maximum atomic E-state index is 13.2. The lowest BCUT2D eigenvalue weighted by molar-refractivity contribution is -0.115. The molecule has 22 heavy (non-hydrogen) atoms. The van der Waals surface area contributed by atoms with Gasteiger partial charge < -0.3 is 5.32 Å². The Morgan fingerprint density at radius 2 is 1.95 bits per heavy atom. The van der Waals surface area contributed by atoms with Gasteiger partial charge in [-0.25, -0.2) is 9.38 Å². The molecule has 1 aliphatic heterocycles. The third kappa shape index (κ3) is 3.40. The maximum Gasteiger partial charge on any atom is 0.275 e. The van der Waals surface area contributed by atoms with E-state index in [0.717, 1.165) is 5.56 Å². The zero-order chi connectivity index (χ0) is 15.5. The number of halogens is 2. The molecule has 0 aliphatic carbocycles. The van der Waals surface area contributed by atoms with Gasteiger partial charge in [-0.3, -0.25) is 4.79 Å². The first-order valence-electron chi connectivity index (χ1n) is 6.71. The zero-order valence-corrected chi connectivity index (χ0v) is 12.3. The maximum absolute atomic E-state index is 13.2. The van der Waals surface area contributed by atoms with Crippen LogP contribution in [0, 0.1) is 5.82 Å². The molecule has 1 heterocycles. The van der Waals surface area contributed by atoms with Crippen molar-refractivity contribution >= 4 is 29.4 Å². The van der Waals surface area contributed by atoms with Gasteiger partial charge in [-0.2, -0.15) is 0 Å². The van der Waals surface area contributed by atoms with E-state index in [9.17, 15) is 9.18 Å². The standard InChI is InChI=1S/C17H12ClFN2O/c18-13-6-4-11(5-7-13)10-16-20-15(17(22)21-16)9-12-2-1-3-14(19)8-12/h1-9H,10H2,(H,20,21,22)/b15-9+. The Morgan fingerprint density at radius 3 is 2.68 bits per heavy atom. The minimum absolute atomic E-state index is 0.273. The van der Waals surface area contributed by atoms with Crippen LogP contribution in [0.15, 0.2) is 59.2 Å². The lowest BCUT2D eigenvalue weighted by atomic mass is 10.1. The normalized spacial score (nSPS) is 15.8. The molecule has 1 amide bonds. The Kier molecular flexibility index (Phi) is 4.02. The summed E-state index contributed by atoms with van der Waals surface area (Å²) in [5.41, 5.74) is 1.87. The van der Waals surface area contributed by atoms with Gasteiger partial charge in [0, 0.05) is 11.4 Å². The van der Waals surface area contributed by atoms with Crippen LogP contribution in [0.1, 0.15) is 11.1 Å². The molecule has 1 aliphatic rings. The van der Waals surface area contributed by atoms with E-state index in [0.29, 0.717) is 22.8 Å². The molecule has 0 bridgehead atoms. The van der Waals surface area contributed by atoms with Crippen molar-refractivity contribution < 1.29 is 9.18 Å². The average Bonchev–Trinajstić information content (AvgIpc) is 2.81. The number of aliphatic imine (C=N–C) groups is 1. The fraction of sp³-hybridized carbons (Fsp3) is 0.0588. The van der Waals surface area contributed by atoms with Crippen LogP contribution in [0.3, 0.4) is 0 Å². The highest BCUT2D eigenvalue weighted by Crippen LogP contribution is 2.15. The molecule has 0 spiro atoms. The summed E-state index contributed by atoms with van der Waals surface area (Å²) in [7, 11) is 0. The number of nitrogens with one attached hydrogen (secondary N) is 1. The van der Waals surface area contributed by atoms with Gasteiger partial charge in [0.05, 0.1) is 0 Å². The molecule has 0 aromatic heterocycles. The van der Waals surface area contributed by atoms with E-state index in [1.54, 1.807) is 30.3 Å². The molecule has 0 radical (unpaired) electrons. The van der Waals surface area contributed by atoms with Crippen molar-refractivity contribution in [3.8, 4) is 0 Å². The molecular weight excluding hydrogens is 303 g/mol. The van der Waals surface area contributed by atoms with Crippen molar-refractivity contribution in [2.24, 2.45) is 4.99 Å². The van der Waals surface area contributed by atoms with Crippen molar-refractivity contribution in [1.82, 2.24) is 5.32 Å². The predicted molar refractivity (Wildman–Crippen MR) is 85.1 cm³/mol. The molecule has 0 saturated heterocycles.